The van der Waals surface area contributed by atoms with Crippen LogP contribution in [-0.2, 0) is 17.8 Å². The van der Waals surface area contributed by atoms with Crippen molar-refractivity contribution in [2.45, 2.75) is 44.4 Å². The number of halogens is 2. The summed E-state index contributed by atoms with van der Waals surface area (Å²) in [6, 6.07) is 15.2. The van der Waals surface area contributed by atoms with Crippen LogP contribution < -0.4 is 10.8 Å². The summed E-state index contributed by atoms with van der Waals surface area (Å²) >= 11 is 0. The quantitative estimate of drug-likeness (QED) is 0.220. The third-order valence-corrected chi connectivity index (χ3v) is 6.63. The Bertz CT molecular complexity index is 931. The molecule has 3 rings (SSSR count). The molecule has 35 heavy (non-hydrogen) atoms. The molecule has 192 valence electrons. The fraction of sp³-hybridized carbons (Fsp3) is 0.500. The van der Waals surface area contributed by atoms with Gasteiger partial charge in [0, 0.05) is 32.7 Å². The fourth-order valence-electron chi connectivity index (χ4n) is 4.22. The zero-order valence-corrected chi connectivity index (χ0v) is 20.4. The van der Waals surface area contributed by atoms with Crippen molar-refractivity contribution in [1.82, 2.24) is 20.6 Å². The Hall–Kier alpha value is -2.43. The van der Waals surface area contributed by atoms with Gasteiger partial charge in [-0.25, -0.2) is 14.3 Å². The monoisotopic (exact) mass is 490 g/mol. The van der Waals surface area contributed by atoms with Gasteiger partial charge in [0.2, 0.25) is 0 Å². The molecule has 1 saturated heterocycles. The largest absolute Gasteiger partial charge is 0.382 e. The summed E-state index contributed by atoms with van der Waals surface area (Å²) in [5, 5.41) is 21.4. The van der Waals surface area contributed by atoms with Crippen LogP contribution in [-0.4, -0.2) is 83.9 Å². The average molecular weight is 491 g/mol. The van der Waals surface area contributed by atoms with Gasteiger partial charge in [-0.05, 0) is 55.6 Å². The first-order chi connectivity index (χ1) is 16.7. The van der Waals surface area contributed by atoms with Crippen LogP contribution in [0.2, 0.25) is 0 Å². The maximum Gasteiger partial charge on any atom is 0.268 e. The third-order valence-electron chi connectivity index (χ3n) is 6.63. The highest BCUT2D eigenvalue weighted by atomic mass is 19.3. The number of piperazine rings is 1. The van der Waals surface area contributed by atoms with Crippen LogP contribution in [0.4, 0.5) is 8.78 Å². The lowest BCUT2D eigenvalue weighted by Gasteiger charge is -2.32. The van der Waals surface area contributed by atoms with Crippen LogP contribution in [0.1, 0.15) is 24.5 Å². The van der Waals surface area contributed by atoms with Crippen LogP contribution in [0, 0.1) is 0 Å². The second kappa shape index (κ2) is 12.5. The number of alkyl halides is 2. The molecule has 1 fully saturated rings. The summed E-state index contributed by atoms with van der Waals surface area (Å²) < 4.78 is 26.2. The number of hydroxylamine groups is 1. The maximum atomic E-state index is 13.1. The van der Waals surface area contributed by atoms with Gasteiger partial charge in [-0.2, -0.15) is 0 Å². The van der Waals surface area contributed by atoms with E-state index in [-0.39, 0.29) is 6.54 Å². The highest BCUT2D eigenvalue weighted by Gasteiger charge is 2.44. The molecule has 0 spiro atoms. The van der Waals surface area contributed by atoms with Crippen molar-refractivity contribution in [1.29, 1.82) is 0 Å². The summed E-state index contributed by atoms with van der Waals surface area (Å²) in [7, 11) is 2.16. The Morgan fingerprint density at radius 3 is 2.06 bits per heavy atom. The van der Waals surface area contributed by atoms with Gasteiger partial charge in [0.1, 0.15) is 11.6 Å². The first-order valence-corrected chi connectivity index (χ1v) is 12.0. The van der Waals surface area contributed by atoms with E-state index in [1.54, 1.807) is 0 Å². The van der Waals surface area contributed by atoms with Crippen molar-refractivity contribution in [3.63, 3.8) is 0 Å². The lowest BCUT2D eigenvalue weighted by Crippen LogP contribution is -2.60. The fourth-order valence-corrected chi connectivity index (χ4v) is 4.22. The van der Waals surface area contributed by atoms with E-state index in [0.29, 0.717) is 12.8 Å². The van der Waals surface area contributed by atoms with E-state index in [1.165, 1.54) is 11.0 Å². The van der Waals surface area contributed by atoms with Gasteiger partial charge in [0.25, 0.3) is 12.3 Å². The minimum atomic E-state index is -3.15. The van der Waals surface area contributed by atoms with E-state index in [2.05, 4.69) is 58.6 Å². The molecule has 4 N–H and O–H groups in total. The first kappa shape index (κ1) is 27.2. The molecular formula is C26H36F2N4O3. The molecule has 1 amide bonds. The summed E-state index contributed by atoms with van der Waals surface area (Å²) in [6.45, 7) is 6.45. The van der Waals surface area contributed by atoms with E-state index >= 15 is 0 Å². The molecule has 1 heterocycles. The number of hydrogen-bond donors (Lipinski definition) is 4. The Balaban J connectivity index is 1.48. The van der Waals surface area contributed by atoms with Crippen molar-refractivity contribution < 1.29 is 23.9 Å². The zero-order chi connectivity index (χ0) is 25.4. The van der Waals surface area contributed by atoms with Gasteiger partial charge >= 0.3 is 0 Å². The zero-order valence-electron chi connectivity index (χ0n) is 20.4. The topological polar surface area (TPSA) is 88.1 Å². The molecule has 1 aliphatic heterocycles. The van der Waals surface area contributed by atoms with Gasteiger partial charge in [-0.1, -0.05) is 48.5 Å². The Morgan fingerprint density at radius 2 is 1.54 bits per heavy atom. The van der Waals surface area contributed by atoms with Crippen molar-refractivity contribution >= 4 is 5.91 Å². The third kappa shape index (κ3) is 7.52. The number of nitrogens with one attached hydrogen (secondary N) is 2. The van der Waals surface area contributed by atoms with Gasteiger partial charge in [-0.15, -0.1) is 0 Å². The second-order valence-electron chi connectivity index (χ2n) is 9.47. The average Bonchev–Trinajstić information content (AvgIpc) is 2.85. The Morgan fingerprint density at radius 1 is 1.00 bits per heavy atom. The van der Waals surface area contributed by atoms with E-state index in [0.717, 1.165) is 56.3 Å². The summed E-state index contributed by atoms with van der Waals surface area (Å²) in [5.41, 5.74) is 3.37. The van der Waals surface area contributed by atoms with E-state index < -0.39 is 24.0 Å². The van der Waals surface area contributed by atoms with Crippen molar-refractivity contribution in [2.75, 3.05) is 39.8 Å². The summed E-state index contributed by atoms with van der Waals surface area (Å²) in [6.07, 6.45) is -1.91. The highest BCUT2D eigenvalue weighted by molar-refractivity contribution is 5.82. The van der Waals surface area contributed by atoms with E-state index in [1.807, 2.05) is 12.1 Å². The normalized spacial score (nSPS) is 17.8. The number of aryl methyl sites for hydroxylation is 1. The number of carbonyl (C=O) groups is 1. The molecule has 0 aliphatic carbocycles. The maximum absolute atomic E-state index is 13.1. The minimum absolute atomic E-state index is 0.220. The minimum Gasteiger partial charge on any atom is -0.382 e. The molecular weight excluding hydrogens is 454 g/mol. The van der Waals surface area contributed by atoms with Crippen molar-refractivity contribution in [3.8, 4) is 11.1 Å². The predicted molar refractivity (Wildman–Crippen MR) is 131 cm³/mol. The second-order valence-corrected chi connectivity index (χ2v) is 9.47. The predicted octanol–water partition coefficient (Wildman–Crippen LogP) is 2.51. The molecule has 0 aromatic heterocycles. The molecule has 0 radical (unpaired) electrons. The number of nitrogens with zero attached hydrogens (tertiary/aromatic N) is 2. The van der Waals surface area contributed by atoms with Gasteiger partial charge in [-0.3, -0.25) is 14.9 Å². The molecule has 2 unspecified atom stereocenters. The van der Waals surface area contributed by atoms with Gasteiger partial charge in [0.15, 0.2) is 0 Å². The van der Waals surface area contributed by atoms with Crippen LogP contribution >= 0.6 is 0 Å². The van der Waals surface area contributed by atoms with E-state index in [9.17, 15) is 18.7 Å². The number of aliphatic hydroxyl groups is 1. The molecule has 0 bridgehead atoms. The van der Waals surface area contributed by atoms with Crippen LogP contribution in [0.5, 0.6) is 0 Å². The smallest absolute Gasteiger partial charge is 0.268 e. The molecule has 2 aromatic rings. The Labute approximate surface area is 205 Å². The van der Waals surface area contributed by atoms with Crippen molar-refractivity contribution in [2.24, 2.45) is 0 Å². The molecule has 7 nitrogen and oxygen atoms in total. The number of carbonyl (C=O) groups excluding carboxylic acids is 1. The molecule has 2 aromatic carbocycles. The number of amides is 1. The highest BCUT2D eigenvalue weighted by Crippen LogP contribution is 2.22. The van der Waals surface area contributed by atoms with Gasteiger partial charge < -0.3 is 15.3 Å². The lowest BCUT2D eigenvalue weighted by atomic mass is 9.96. The molecule has 0 saturated carbocycles. The van der Waals surface area contributed by atoms with Gasteiger partial charge in [0.05, 0.1) is 0 Å². The Kier molecular flexibility index (Phi) is 9.71. The SMILES string of the molecule is CN1CCN(Cc2ccc(-c3ccc(CCCNC(C(=O)NO)C(C)(O)C(F)F)cc3)cc2)CC1. The number of rotatable bonds is 11. The standard InChI is InChI=1S/C26H36F2N4O3/c1-26(34,25(27)28)23(24(33)30-35)29-13-3-4-19-5-9-21(10-6-19)22-11-7-20(8-12-22)18-32-16-14-31(2)15-17-32/h5-12,23,25,29,34-35H,3-4,13-18H2,1-2H3,(H,30,33). The first-order valence-electron chi connectivity index (χ1n) is 12.0. The lowest BCUT2D eigenvalue weighted by molar-refractivity contribution is -0.150. The van der Waals surface area contributed by atoms with Crippen LogP contribution in [0.25, 0.3) is 11.1 Å². The van der Waals surface area contributed by atoms with Crippen LogP contribution in [0.3, 0.4) is 0 Å². The number of hydrogen-bond acceptors (Lipinski definition) is 6. The van der Waals surface area contributed by atoms with Crippen LogP contribution in [0.15, 0.2) is 48.5 Å². The van der Waals surface area contributed by atoms with Crippen molar-refractivity contribution in [3.05, 3.63) is 59.7 Å². The van der Waals surface area contributed by atoms with E-state index in [4.69, 9.17) is 5.21 Å². The molecule has 9 heteroatoms. The number of benzene rings is 2. The molecule has 1 aliphatic rings. The summed E-state index contributed by atoms with van der Waals surface area (Å²) in [5.74, 6) is -1.10. The molecule has 2 atom stereocenters. The number of likely N-dealkylation sites (N-methyl/N-ethyl adjacent to an activating group) is 1. The summed E-state index contributed by atoms with van der Waals surface area (Å²) in [4.78, 5) is 16.5.